The Morgan fingerprint density at radius 2 is 2.15 bits per heavy atom. The number of amides is 1. The third-order valence-corrected chi connectivity index (χ3v) is 4.43. The van der Waals surface area contributed by atoms with Crippen molar-refractivity contribution in [2.45, 2.75) is 12.3 Å². The Hall–Kier alpha value is -3.48. The van der Waals surface area contributed by atoms with Crippen LogP contribution in [0.15, 0.2) is 55.0 Å². The highest BCUT2D eigenvalue weighted by atomic mass is 19.1. The molecule has 0 bridgehead atoms. The molecular weight excluding hydrogens is 337 g/mol. The zero-order valence-electron chi connectivity index (χ0n) is 13.5. The van der Waals surface area contributed by atoms with Gasteiger partial charge in [-0.05, 0) is 29.8 Å². The lowest BCUT2D eigenvalue weighted by atomic mass is 9.89. The number of halogens is 1. The average molecular weight is 351 g/mol. The van der Waals surface area contributed by atoms with Crippen LogP contribution in [-0.2, 0) is 4.79 Å². The number of hydrogen-bond acceptors (Lipinski definition) is 3. The number of anilines is 1. The minimum atomic E-state index is -1.16. The first-order chi connectivity index (χ1) is 12.5. The Balaban J connectivity index is 1.99. The SMILES string of the molecule is O=C1C[C@H](c2cccnc2)c2c(c(C(=O)O)cn2-c2cccc(F)c2)N1. The second kappa shape index (κ2) is 6.11. The molecule has 1 aliphatic heterocycles. The van der Waals surface area contributed by atoms with E-state index in [4.69, 9.17) is 0 Å². The van der Waals surface area contributed by atoms with E-state index in [0.29, 0.717) is 11.4 Å². The molecule has 4 rings (SSSR count). The van der Waals surface area contributed by atoms with Gasteiger partial charge in [-0.25, -0.2) is 9.18 Å². The lowest BCUT2D eigenvalue weighted by Gasteiger charge is -2.26. The quantitative estimate of drug-likeness (QED) is 0.759. The van der Waals surface area contributed by atoms with Crippen molar-refractivity contribution in [1.82, 2.24) is 9.55 Å². The number of pyridine rings is 1. The van der Waals surface area contributed by atoms with Crippen LogP contribution in [-0.4, -0.2) is 26.5 Å². The summed E-state index contributed by atoms with van der Waals surface area (Å²) in [5.74, 6) is -2.25. The first-order valence-electron chi connectivity index (χ1n) is 7.99. The van der Waals surface area contributed by atoms with Crippen LogP contribution in [0.2, 0.25) is 0 Å². The molecule has 3 aromatic rings. The van der Waals surface area contributed by atoms with E-state index >= 15 is 0 Å². The number of carboxylic acids is 1. The van der Waals surface area contributed by atoms with Crippen LogP contribution in [0.1, 0.15) is 34.0 Å². The number of fused-ring (bicyclic) bond motifs is 1. The van der Waals surface area contributed by atoms with Gasteiger partial charge < -0.3 is 15.0 Å². The van der Waals surface area contributed by atoms with E-state index in [1.54, 1.807) is 35.2 Å². The van der Waals surface area contributed by atoms with Crippen molar-refractivity contribution in [1.29, 1.82) is 0 Å². The van der Waals surface area contributed by atoms with Crippen LogP contribution in [0.25, 0.3) is 5.69 Å². The number of nitrogens with one attached hydrogen (secondary N) is 1. The maximum atomic E-state index is 13.7. The molecule has 1 atom stereocenters. The Kier molecular flexibility index (Phi) is 3.76. The van der Waals surface area contributed by atoms with E-state index in [1.165, 1.54) is 18.3 Å². The molecule has 0 radical (unpaired) electrons. The van der Waals surface area contributed by atoms with Gasteiger partial charge in [0, 0.05) is 36.6 Å². The second-order valence-electron chi connectivity index (χ2n) is 6.05. The van der Waals surface area contributed by atoms with Crippen LogP contribution < -0.4 is 5.32 Å². The van der Waals surface area contributed by atoms with Gasteiger partial charge in [0.25, 0.3) is 0 Å². The highest BCUT2D eigenvalue weighted by Gasteiger charge is 2.34. The maximum Gasteiger partial charge on any atom is 0.339 e. The number of carboxylic acid groups (broad SMARTS) is 1. The van der Waals surface area contributed by atoms with Crippen LogP contribution in [0.3, 0.4) is 0 Å². The third kappa shape index (κ3) is 2.63. The number of hydrogen-bond donors (Lipinski definition) is 2. The largest absolute Gasteiger partial charge is 0.478 e. The van der Waals surface area contributed by atoms with Crippen molar-refractivity contribution in [3.8, 4) is 5.69 Å². The van der Waals surface area contributed by atoms with E-state index < -0.39 is 11.8 Å². The number of aromatic carboxylic acids is 1. The molecule has 0 saturated carbocycles. The van der Waals surface area contributed by atoms with Crippen molar-refractivity contribution < 1.29 is 19.1 Å². The second-order valence-corrected chi connectivity index (χ2v) is 6.05. The Morgan fingerprint density at radius 1 is 1.31 bits per heavy atom. The molecule has 0 saturated heterocycles. The van der Waals surface area contributed by atoms with E-state index in [2.05, 4.69) is 10.3 Å². The van der Waals surface area contributed by atoms with Gasteiger partial charge in [-0.3, -0.25) is 9.78 Å². The molecule has 1 aromatic carbocycles. The first-order valence-corrected chi connectivity index (χ1v) is 7.99. The highest BCUT2D eigenvalue weighted by molar-refractivity contribution is 6.04. The minimum Gasteiger partial charge on any atom is -0.478 e. The number of carbonyl (C=O) groups excluding carboxylic acids is 1. The Labute approximate surface area is 147 Å². The molecule has 7 heteroatoms. The first kappa shape index (κ1) is 16.0. The van der Waals surface area contributed by atoms with Crippen LogP contribution in [0.4, 0.5) is 10.1 Å². The predicted octanol–water partition coefficient (Wildman–Crippen LogP) is 3.18. The van der Waals surface area contributed by atoms with Gasteiger partial charge >= 0.3 is 5.97 Å². The highest BCUT2D eigenvalue weighted by Crippen LogP contribution is 2.41. The van der Waals surface area contributed by atoms with E-state index in [9.17, 15) is 19.1 Å². The molecular formula is C19H14FN3O3. The summed E-state index contributed by atoms with van der Waals surface area (Å²) in [4.78, 5) is 28.0. The number of benzene rings is 1. The van der Waals surface area contributed by atoms with E-state index in [1.807, 2.05) is 6.07 Å². The predicted molar refractivity (Wildman–Crippen MR) is 92.0 cm³/mol. The van der Waals surface area contributed by atoms with Gasteiger partial charge in [0.2, 0.25) is 5.91 Å². The van der Waals surface area contributed by atoms with Gasteiger partial charge in [-0.2, -0.15) is 0 Å². The van der Waals surface area contributed by atoms with E-state index in [-0.39, 0.29) is 29.5 Å². The normalized spacial score (nSPS) is 16.0. The summed E-state index contributed by atoms with van der Waals surface area (Å²) in [6.07, 6.45) is 4.84. The van der Waals surface area contributed by atoms with Crippen molar-refractivity contribution in [2.75, 3.05) is 5.32 Å². The fraction of sp³-hybridized carbons (Fsp3) is 0.105. The zero-order valence-corrected chi connectivity index (χ0v) is 13.5. The van der Waals surface area contributed by atoms with Crippen LogP contribution in [0, 0.1) is 5.82 Å². The summed E-state index contributed by atoms with van der Waals surface area (Å²) in [7, 11) is 0. The molecule has 2 aromatic heterocycles. The molecule has 26 heavy (non-hydrogen) atoms. The Bertz CT molecular complexity index is 1010. The zero-order chi connectivity index (χ0) is 18.3. The lowest BCUT2D eigenvalue weighted by molar-refractivity contribution is -0.116. The molecule has 0 unspecified atom stereocenters. The van der Waals surface area contributed by atoms with Gasteiger partial charge in [-0.1, -0.05) is 12.1 Å². The number of carbonyl (C=O) groups is 2. The van der Waals surface area contributed by atoms with Gasteiger partial charge in [0.1, 0.15) is 11.4 Å². The summed E-state index contributed by atoms with van der Waals surface area (Å²) in [6.45, 7) is 0. The third-order valence-electron chi connectivity index (χ3n) is 4.43. The topological polar surface area (TPSA) is 84.2 Å². The molecule has 0 aliphatic carbocycles. The molecule has 130 valence electrons. The molecule has 3 heterocycles. The summed E-state index contributed by atoms with van der Waals surface area (Å²) < 4.78 is 15.3. The summed E-state index contributed by atoms with van der Waals surface area (Å²) in [6, 6.07) is 9.47. The van der Waals surface area contributed by atoms with Gasteiger partial charge in [-0.15, -0.1) is 0 Å². The summed E-state index contributed by atoms with van der Waals surface area (Å²) in [5, 5.41) is 12.2. The molecule has 1 amide bonds. The molecule has 2 N–H and O–H groups in total. The maximum absolute atomic E-state index is 13.7. The molecule has 0 fully saturated rings. The Morgan fingerprint density at radius 3 is 2.85 bits per heavy atom. The minimum absolute atomic E-state index is 0.0359. The number of nitrogens with zero attached hydrogens (tertiary/aromatic N) is 2. The number of rotatable bonds is 3. The van der Waals surface area contributed by atoms with Gasteiger partial charge in [0.15, 0.2) is 0 Å². The molecule has 6 nitrogen and oxygen atoms in total. The monoisotopic (exact) mass is 351 g/mol. The fourth-order valence-corrected chi connectivity index (χ4v) is 3.33. The molecule has 0 spiro atoms. The number of aromatic nitrogens is 2. The summed E-state index contributed by atoms with van der Waals surface area (Å²) >= 11 is 0. The van der Waals surface area contributed by atoms with Crippen molar-refractivity contribution in [3.63, 3.8) is 0 Å². The van der Waals surface area contributed by atoms with Gasteiger partial charge in [0.05, 0.1) is 11.4 Å². The van der Waals surface area contributed by atoms with Crippen molar-refractivity contribution >= 4 is 17.6 Å². The lowest BCUT2D eigenvalue weighted by Crippen LogP contribution is -2.25. The van der Waals surface area contributed by atoms with Crippen molar-refractivity contribution in [3.05, 3.63) is 77.6 Å². The van der Waals surface area contributed by atoms with Crippen LogP contribution in [0.5, 0.6) is 0 Å². The van der Waals surface area contributed by atoms with Crippen molar-refractivity contribution in [2.24, 2.45) is 0 Å². The van der Waals surface area contributed by atoms with Crippen LogP contribution >= 0.6 is 0 Å². The standard InChI is InChI=1S/C19H14FN3O3/c20-12-4-1-5-13(7-12)23-10-15(19(25)26)17-18(23)14(8-16(24)22-17)11-3-2-6-21-9-11/h1-7,9-10,14H,8H2,(H,22,24)(H,25,26)/t14-/m1/s1. The fourth-order valence-electron chi connectivity index (χ4n) is 3.33. The smallest absolute Gasteiger partial charge is 0.339 e. The molecule has 1 aliphatic rings. The summed E-state index contributed by atoms with van der Waals surface area (Å²) in [5.41, 5.74) is 2.08. The van der Waals surface area contributed by atoms with E-state index in [0.717, 1.165) is 5.56 Å². The average Bonchev–Trinajstić information content (AvgIpc) is 3.01.